The molecular formula is C21H22ClNO8. The molecule has 10 heteroatoms. The van der Waals surface area contributed by atoms with E-state index in [4.69, 9.17) is 25.8 Å². The molecule has 0 amide bonds. The first-order valence-corrected chi connectivity index (χ1v) is 9.85. The summed E-state index contributed by atoms with van der Waals surface area (Å²) in [5, 5.41) is 32.2. The summed E-state index contributed by atoms with van der Waals surface area (Å²) in [6.45, 7) is 2.29. The number of halogens is 1. The second-order valence-electron chi connectivity index (χ2n) is 7.15. The average Bonchev–Trinajstić information content (AvgIpc) is 3.11. The van der Waals surface area contributed by atoms with Crippen molar-refractivity contribution in [3.05, 3.63) is 53.1 Å². The molecule has 0 saturated carbocycles. The third-order valence-corrected chi connectivity index (χ3v) is 4.80. The lowest BCUT2D eigenvalue weighted by atomic mass is 10.1. The fourth-order valence-electron chi connectivity index (χ4n) is 3.01. The van der Waals surface area contributed by atoms with Gasteiger partial charge in [-0.1, -0.05) is 23.7 Å². The molecule has 2 aromatic carbocycles. The summed E-state index contributed by atoms with van der Waals surface area (Å²) in [6, 6.07) is 11.5. The number of nitrogens with one attached hydrogen (secondary N) is 1. The van der Waals surface area contributed by atoms with Gasteiger partial charge in [-0.25, -0.2) is 9.59 Å². The van der Waals surface area contributed by atoms with Crippen molar-refractivity contribution in [2.75, 3.05) is 13.2 Å². The maximum atomic E-state index is 11.3. The molecule has 0 aliphatic carbocycles. The maximum Gasteiger partial charge on any atom is 0.453 e. The number of carboxylic acids is 2. The van der Waals surface area contributed by atoms with Crippen LogP contribution >= 0.6 is 11.6 Å². The topological polar surface area (TPSA) is 135 Å². The van der Waals surface area contributed by atoms with Crippen molar-refractivity contribution in [3.8, 4) is 17.2 Å². The number of ether oxygens (including phenoxy) is 3. The standard InChI is InChI=1S/C21H22ClNO8/c1-12(23-10-15(24)11-29-16-4-2-3-14(22)9-16)7-13-5-6-17-18(8-13)31-21(30-17,19(25)26)20(27)28/h2-6,8-9,12,15,23-24H,7,10-11H2,1H3,(H,25,26)(H,27,28)/t12-,15-/m1/s1. The van der Waals surface area contributed by atoms with Crippen molar-refractivity contribution in [3.63, 3.8) is 0 Å². The van der Waals surface area contributed by atoms with Gasteiger partial charge in [0.1, 0.15) is 18.5 Å². The number of fused-ring (bicyclic) bond motifs is 1. The quantitative estimate of drug-likeness (QED) is 0.399. The molecule has 2 atom stereocenters. The molecule has 1 heterocycles. The molecule has 0 saturated heterocycles. The molecule has 0 spiro atoms. The molecule has 0 bridgehead atoms. The molecule has 0 aromatic heterocycles. The summed E-state index contributed by atoms with van der Waals surface area (Å²) in [7, 11) is 0. The summed E-state index contributed by atoms with van der Waals surface area (Å²) in [5.74, 6) is -5.62. The van der Waals surface area contributed by atoms with Crippen molar-refractivity contribution in [1.29, 1.82) is 0 Å². The van der Waals surface area contributed by atoms with Crippen LogP contribution in [0.4, 0.5) is 0 Å². The van der Waals surface area contributed by atoms with E-state index in [1.807, 2.05) is 6.92 Å². The predicted octanol–water partition coefficient (Wildman–Crippen LogP) is 1.94. The molecule has 1 aliphatic rings. The first-order valence-electron chi connectivity index (χ1n) is 9.47. The van der Waals surface area contributed by atoms with Gasteiger partial charge in [-0.05, 0) is 49.2 Å². The highest BCUT2D eigenvalue weighted by atomic mass is 35.5. The van der Waals surface area contributed by atoms with Gasteiger partial charge in [0.15, 0.2) is 11.5 Å². The molecule has 2 aromatic rings. The van der Waals surface area contributed by atoms with Gasteiger partial charge in [-0.3, -0.25) is 0 Å². The van der Waals surface area contributed by atoms with Crippen LogP contribution < -0.4 is 19.5 Å². The van der Waals surface area contributed by atoms with Crippen LogP contribution in [0.15, 0.2) is 42.5 Å². The zero-order chi connectivity index (χ0) is 22.6. The molecule has 9 nitrogen and oxygen atoms in total. The number of benzene rings is 2. The molecule has 166 valence electrons. The predicted molar refractivity (Wildman–Crippen MR) is 110 cm³/mol. The Morgan fingerprint density at radius 1 is 1.13 bits per heavy atom. The molecule has 31 heavy (non-hydrogen) atoms. The van der Waals surface area contributed by atoms with Crippen molar-refractivity contribution in [2.45, 2.75) is 31.3 Å². The van der Waals surface area contributed by atoms with Gasteiger partial charge in [-0.15, -0.1) is 0 Å². The van der Waals surface area contributed by atoms with E-state index in [-0.39, 0.29) is 30.7 Å². The minimum Gasteiger partial charge on any atom is -0.491 e. The Balaban J connectivity index is 1.50. The normalized spacial score (nSPS) is 15.8. The van der Waals surface area contributed by atoms with E-state index in [2.05, 4.69) is 5.32 Å². The van der Waals surface area contributed by atoms with E-state index in [0.29, 0.717) is 17.2 Å². The second-order valence-corrected chi connectivity index (χ2v) is 7.58. The van der Waals surface area contributed by atoms with Gasteiger partial charge in [-0.2, -0.15) is 0 Å². The van der Waals surface area contributed by atoms with Gasteiger partial charge in [0.2, 0.25) is 0 Å². The van der Waals surface area contributed by atoms with Crippen molar-refractivity contribution in [1.82, 2.24) is 5.32 Å². The van der Waals surface area contributed by atoms with Gasteiger partial charge >= 0.3 is 17.7 Å². The minimum absolute atomic E-state index is 0.0442. The van der Waals surface area contributed by atoms with Crippen LogP contribution in [0.3, 0.4) is 0 Å². The molecule has 4 N–H and O–H groups in total. The van der Waals surface area contributed by atoms with Crippen LogP contribution in [0.5, 0.6) is 17.2 Å². The third-order valence-electron chi connectivity index (χ3n) is 4.56. The number of hydrogen-bond donors (Lipinski definition) is 4. The molecule has 0 radical (unpaired) electrons. The fourth-order valence-corrected chi connectivity index (χ4v) is 3.19. The zero-order valence-electron chi connectivity index (χ0n) is 16.6. The van der Waals surface area contributed by atoms with E-state index in [9.17, 15) is 24.9 Å². The Morgan fingerprint density at radius 2 is 1.84 bits per heavy atom. The first kappa shape index (κ1) is 22.7. The summed E-state index contributed by atoms with van der Waals surface area (Å²) in [5.41, 5.74) is 0.776. The lowest BCUT2D eigenvalue weighted by Gasteiger charge is -2.18. The van der Waals surface area contributed by atoms with Crippen LogP contribution in [0.25, 0.3) is 0 Å². The summed E-state index contributed by atoms with van der Waals surface area (Å²) < 4.78 is 15.7. The van der Waals surface area contributed by atoms with Gasteiger partial charge < -0.3 is 34.8 Å². The Hall–Kier alpha value is -3.01. The van der Waals surface area contributed by atoms with Gasteiger partial charge in [0.25, 0.3) is 0 Å². The lowest BCUT2D eigenvalue weighted by molar-refractivity contribution is -0.194. The van der Waals surface area contributed by atoms with Gasteiger partial charge in [0.05, 0.1) is 0 Å². The van der Waals surface area contributed by atoms with Crippen molar-refractivity contribution in [2.24, 2.45) is 0 Å². The number of aliphatic hydroxyl groups is 1. The van der Waals surface area contributed by atoms with E-state index >= 15 is 0 Å². The maximum absolute atomic E-state index is 11.3. The lowest BCUT2D eigenvalue weighted by Crippen LogP contribution is -2.54. The number of aliphatic carboxylic acids is 2. The van der Waals surface area contributed by atoms with Crippen LogP contribution in [0.1, 0.15) is 12.5 Å². The smallest absolute Gasteiger partial charge is 0.453 e. The number of rotatable bonds is 10. The van der Waals surface area contributed by atoms with E-state index in [0.717, 1.165) is 5.56 Å². The monoisotopic (exact) mass is 451 g/mol. The van der Waals surface area contributed by atoms with Crippen LogP contribution in [0, 0.1) is 0 Å². The highest BCUT2D eigenvalue weighted by Crippen LogP contribution is 2.40. The molecular weight excluding hydrogens is 430 g/mol. The van der Waals surface area contributed by atoms with Crippen molar-refractivity contribution < 1.29 is 39.1 Å². The largest absolute Gasteiger partial charge is 0.491 e. The Labute approximate surface area is 183 Å². The minimum atomic E-state index is -2.78. The number of hydrogen-bond acceptors (Lipinski definition) is 7. The highest BCUT2D eigenvalue weighted by Gasteiger charge is 2.57. The van der Waals surface area contributed by atoms with Crippen molar-refractivity contribution >= 4 is 23.5 Å². The second kappa shape index (κ2) is 9.42. The SMILES string of the molecule is C[C@H](Cc1ccc2c(c1)OC(C(=O)O)(C(=O)O)O2)NC[C@@H](O)COc1cccc(Cl)c1. The Bertz CT molecular complexity index is 952. The molecule has 1 aliphatic heterocycles. The van der Waals surface area contributed by atoms with E-state index in [1.165, 1.54) is 6.07 Å². The fraction of sp³-hybridized carbons (Fsp3) is 0.333. The number of carboxylic acid groups (broad SMARTS) is 2. The number of aliphatic hydroxyl groups excluding tert-OH is 1. The Kier molecular flexibility index (Phi) is 6.89. The summed E-state index contributed by atoms with van der Waals surface area (Å²) in [4.78, 5) is 22.6. The van der Waals surface area contributed by atoms with E-state index < -0.39 is 23.8 Å². The first-order chi connectivity index (χ1) is 14.7. The molecule has 0 fully saturated rings. The van der Waals surface area contributed by atoms with Crippen LogP contribution in [-0.2, 0) is 16.0 Å². The van der Waals surface area contributed by atoms with Crippen LogP contribution in [-0.4, -0.2) is 58.3 Å². The summed E-state index contributed by atoms with van der Waals surface area (Å²) >= 11 is 5.89. The Morgan fingerprint density at radius 3 is 2.52 bits per heavy atom. The zero-order valence-corrected chi connectivity index (χ0v) is 17.3. The molecule has 0 unspecified atom stereocenters. The highest BCUT2D eigenvalue weighted by molar-refractivity contribution is 6.30. The summed E-state index contributed by atoms with van der Waals surface area (Å²) in [6.07, 6.45) is -0.226. The average molecular weight is 452 g/mol. The molecule has 3 rings (SSSR count). The number of carbonyl (C=O) groups is 2. The third kappa shape index (κ3) is 5.38. The van der Waals surface area contributed by atoms with Crippen LogP contribution in [0.2, 0.25) is 5.02 Å². The van der Waals surface area contributed by atoms with Gasteiger partial charge in [0, 0.05) is 17.6 Å². The van der Waals surface area contributed by atoms with E-state index in [1.54, 1.807) is 36.4 Å².